The van der Waals surface area contributed by atoms with Gasteiger partial charge in [0.05, 0.1) is 0 Å². The minimum absolute atomic E-state index is 0.0465. The van der Waals surface area contributed by atoms with E-state index in [0.717, 1.165) is 17.0 Å². The van der Waals surface area contributed by atoms with Crippen LogP contribution >= 0.6 is 11.8 Å². The Labute approximate surface area is 167 Å². The highest BCUT2D eigenvalue weighted by atomic mass is 32.2. The van der Waals surface area contributed by atoms with Crippen LogP contribution in [0.4, 0.5) is 0 Å². The van der Waals surface area contributed by atoms with Crippen LogP contribution < -0.4 is 0 Å². The highest BCUT2D eigenvalue weighted by molar-refractivity contribution is 8.00. The number of ketones is 1. The lowest BCUT2D eigenvalue weighted by Gasteiger charge is -2.15. The molecule has 4 aromatic rings. The fourth-order valence-electron chi connectivity index (χ4n) is 2.93. The Kier molecular flexibility index (Phi) is 5.30. The lowest BCUT2D eigenvalue weighted by atomic mass is 10.0. The number of nitrogens with zero attached hydrogens (tertiary/aromatic N) is 4. The highest BCUT2D eigenvalue weighted by Crippen LogP contribution is 2.37. The van der Waals surface area contributed by atoms with E-state index in [1.807, 2.05) is 84.4 Å². The maximum absolute atomic E-state index is 13.3. The van der Waals surface area contributed by atoms with Crippen molar-refractivity contribution in [1.29, 1.82) is 0 Å². The lowest BCUT2D eigenvalue weighted by Crippen LogP contribution is -2.11. The molecule has 0 aliphatic carbocycles. The molecule has 0 saturated heterocycles. The second kappa shape index (κ2) is 8.19. The van der Waals surface area contributed by atoms with Crippen molar-refractivity contribution in [2.24, 2.45) is 7.05 Å². The van der Waals surface area contributed by atoms with Crippen LogP contribution in [0.3, 0.4) is 0 Å². The summed E-state index contributed by atoms with van der Waals surface area (Å²) in [5.41, 5.74) is 2.55. The van der Waals surface area contributed by atoms with E-state index >= 15 is 0 Å². The SMILES string of the molecule is Cn1c(SC(C(=O)c2ccccc2)c2ccccc2)nnc1-c1ccncc1. The van der Waals surface area contributed by atoms with Gasteiger partial charge in [-0.1, -0.05) is 72.4 Å². The van der Waals surface area contributed by atoms with Crippen molar-refractivity contribution < 1.29 is 4.79 Å². The molecule has 0 radical (unpaired) electrons. The quantitative estimate of drug-likeness (QED) is 0.358. The average Bonchev–Trinajstić information content (AvgIpc) is 3.13. The standard InChI is InChI=1S/C22H18N4OS/c1-26-21(18-12-14-23-15-13-18)24-25-22(26)28-20(17-10-6-3-7-11-17)19(27)16-8-4-2-5-9-16/h2-15,20H,1H3. The van der Waals surface area contributed by atoms with Crippen molar-refractivity contribution >= 4 is 17.5 Å². The Balaban J connectivity index is 1.69. The summed E-state index contributed by atoms with van der Waals surface area (Å²) in [6, 6.07) is 22.9. The molecule has 0 bridgehead atoms. The number of carbonyl (C=O) groups excluding carboxylic acids is 1. The predicted molar refractivity (Wildman–Crippen MR) is 110 cm³/mol. The molecule has 6 heteroatoms. The van der Waals surface area contributed by atoms with Crippen molar-refractivity contribution in [3.63, 3.8) is 0 Å². The van der Waals surface area contributed by atoms with Gasteiger partial charge < -0.3 is 4.57 Å². The van der Waals surface area contributed by atoms with Gasteiger partial charge in [-0.05, 0) is 17.7 Å². The van der Waals surface area contributed by atoms with E-state index in [4.69, 9.17) is 0 Å². The minimum Gasteiger partial charge on any atom is -0.305 e. The van der Waals surface area contributed by atoms with Crippen LogP contribution in [0, 0.1) is 0 Å². The summed E-state index contributed by atoms with van der Waals surface area (Å²) < 4.78 is 1.91. The molecule has 2 heterocycles. The number of aromatic nitrogens is 4. The van der Waals surface area contributed by atoms with E-state index in [2.05, 4.69) is 15.2 Å². The summed E-state index contributed by atoms with van der Waals surface area (Å²) in [7, 11) is 1.91. The number of hydrogen-bond donors (Lipinski definition) is 0. The van der Waals surface area contributed by atoms with E-state index in [1.165, 1.54) is 11.8 Å². The van der Waals surface area contributed by atoms with Crippen LogP contribution in [0.2, 0.25) is 0 Å². The third kappa shape index (κ3) is 3.73. The van der Waals surface area contributed by atoms with Crippen molar-refractivity contribution in [3.8, 4) is 11.4 Å². The molecule has 28 heavy (non-hydrogen) atoms. The first kappa shape index (κ1) is 18.1. The van der Waals surface area contributed by atoms with Crippen LogP contribution in [0.1, 0.15) is 21.2 Å². The Morgan fingerprint density at radius 3 is 2.21 bits per heavy atom. The Morgan fingerprint density at radius 1 is 0.893 bits per heavy atom. The van der Waals surface area contributed by atoms with Gasteiger partial charge in [0, 0.05) is 30.6 Å². The van der Waals surface area contributed by atoms with Crippen LogP contribution in [0.5, 0.6) is 0 Å². The lowest BCUT2D eigenvalue weighted by molar-refractivity contribution is 0.0989. The molecule has 0 spiro atoms. The molecule has 4 rings (SSSR count). The first-order chi connectivity index (χ1) is 13.7. The van der Waals surface area contributed by atoms with Crippen molar-refractivity contribution in [2.45, 2.75) is 10.4 Å². The molecule has 0 amide bonds. The summed E-state index contributed by atoms with van der Waals surface area (Å²) >= 11 is 1.41. The molecular formula is C22H18N4OS. The van der Waals surface area contributed by atoms with Crippen LogP contribution in [0.15, 0.2) is 90.3 Å². The van der Waals surface area contributed by atoms with Gasteiger partial charge in [0.2, 0.25) is 0 Å². The van der Waals surface area contributed by atoms with Gasteiger partial charge in [-0.3, -0.25) is 9.78 Å². The summed E-state index contributed by atoms with van der Waals surface area (Å²) in [6.45, 7) is 0. The van der Waals surface area contributed by atoms with E-state index in [-0.39, 0.29) is 5.78 Å². The molecule has 2 aromatic heterocycles. The molecule has 0 aliphatic rings. The van der Waals surface area contributed by atoms with E-state index in [1.54, 1.807) is 12.4 Å². The molecule has 0 aliphatic heterocycles. The average molecular weight is 386 g/mol. The number of rotatable bonds is 6. The predicted octanol–water partition coefficient (Wildman–Crippen LogP) is 4.59. The van der Waals surface area contributed by atoms with Crippen LogP contribution in [-0.4, -0.2) is 25.5 Å². The molecule has 0 saturated carbocycles. The van der Waals surface area contributed by atoms with Crippen molar-refractivity contribution in [3.05, 3.63) is 96.3 Å². The Hall–Kier alpha value is -3.25. The molecule has 1 atom stereocenters. The zero-order chi connectivity index (χ0) is 19.3. The third-order valence-electron chi connectivity index (χ3n) is 4.40. The second-order valence-electron chi connectivity index (χ2n) is 6.24. The maximum Gasteiger partial charge on any atom is 0.192 e. The molecule has 138 valence electrons. The molecule has 5 nitrogen and oxygen atoms in total. The smallest absolute Gasteiger partial charge is 0.192 e. The fraction of sp³-hybridized carbons (Fsp3) is 0.0909. The van der Waals surface area contributed by atoms with E-state index in [0.29, 0.717) is 10.7 Å². The fourth-order valence-corrected chi connectivity index (χ4v) is 4.01. The minimum atomic E-state index is -0.406. The van der Waals surface area contributed by atoms with Gasteiger partial charge in [0.1, 0.15) is 5.25 Å². The first-order valence-corrected chi connectivity index (χ1v) is 9.72. The molecule has 1 unspecified atom stereocenters. The normalized spacial score (nSPS) is 11.9. The number of benzene rings is 2. The summed E-state index contributed by atoms with van der Waals surface area (Å²) in [5, 5.41) is 8.93. The highest BCUT2D eigenvalue weighted by Gasteiger charge is 2.26. The van der Waals surface area contributed by atoms with Crippen molar-refractivity contribution in [1.82, 2.24) is 19.7 Å². The van der Waals surface area contributed by atoms with Crippen LogP contribution in [0.25, 0.3) is 11.4 Å². The second-order valence-corrected chi connectivity index (χ2v) is 7.31. The largest absolute Gasteiger partial charge is 0.305 e. The Morgan fingerprint density at radius 2 is 1.54 bits per heavy atom. The number of hydrogen-bond acceptors (Lipinski definition) is 5. The maximum atomic E-state index is 13.3. The molecule has 2 aromatic carbocycles. The number of pyridine rings is 1. The molecular weight excluding hydrogens is 368 g/mol. The van der Waals surface area contributed by atoms with Gasteiger partial charge in [-0.25, -0.2) is 0 Å². The number of Topliss-reactive ketones (excluding diaryl/α,β-unsaturated/α-hetero) is 1. The van der Waals surface area contributed by atoms with Gasteiger partial charge in [0.25, 0.3) is 0 Å². The van der Waals surface area contributed by atoms with Gasteiger partial charge in [0.15, 0.2) is 16.8 Å². The molecule has 0 fully saturated rings. The zero-order valence-corrected chi connectivity index (χ0v) is 16.1. The van der Waals surface area contributed by atoms with Gasteiger partial charge >= 0.3 is 0 Å². The third-order valence-corrected chi connectivity index (χ3v) is 5.68. The number of carbonyl (C=O) groups is 1. The zero-order valence-electron chi connectivity index (χ0n) is 15.3. The monoisotopic (exact) mass is 386 g/mol. The van der Waals surface area contributed by atoms with Gasteiger partial charge in [-0.2, -0.15) is 0 Å². The first-order valence-electron chi connectivity index (χ1n) is 8.84. The summed E-state index contributed by atoms with van der Waals surface area (Å²) in [4.78, 5) is 17.3. The van der Waals surface area contributed by atoms with E-state index in [9.17, 15) is 4.79 Å². The molecule has 0 N–H and O–H groups in total. The van der Waals surface area contributed by atoms with Crippen molar-refractivity contribution in [2.75, 3.05) is 0 Å². The topological polar surface area (TPSA) is 60.7 Å². The van der Waals surface area contributed by atoms with E-state index < -0.39 is 5.25 Å². The summed E-state index contributed by atoms with van der Waals surface area (Å²) in [5.74, 6) is 0.786. The Bertz CT molecular complexity index is 1070. The van der Waals surface area contributed by atoms with Gasteiger partial charge in [-0.15, -0.1) is 10.2 Å². The number of thioether (sulfide) groups is 1. The van der Waals surface area contributed by atoms with Crippen LogP contribution in [-0.2, 0) is 7.05 Å². The summed E-state index contributed by atoms with van der Waals surface area (Å²) in [6.07, 6.45) is 3.45.